The monoisotopic (exact) mass is 331 g/mol. The van der Waals surface area contributed by atoms with Crippen LogP contribution in [0, 0.1) is 17.5 Å². The molecule has 0 fully saturated rings. The van der Waals surface area contributed by atoms with Crippen LogP contribution < -0.4 is 10.0 Å². The van der Waals surface area contributed by atoms with Crippen molar-refractivity contribution in [1.29, 1.82) is 0 Å². The second kappa shape index (κ2) is 6.32. The number of pyridine rings is 1. The van der Waals surface area contributed by atoms with E-state index in [1.54, 1.807) is 0 Å². The van der Waals surface area contributed by atoms with Crippen molar-refractivity contribution in [3.05, 3.63) is 53.5 Å². The van der Waals surface area contributed by atoms with E-state index in [1.165, 1.54) is 19.2 Å². The van der Waals surface area contributed by atoms with Crippen LogP contribution in [0.5, 0.6) is 0 Å². The van der Waals surface area contributed by atoms with Gasteiger partial charge in [-0.05, 0) is 36.9 Å². The molecule has 2 N–H and O–H groups in total. The lowest BCUT2D eigenvalue weighted by molar-refractivity contribution is 0.445. The Kier molecular flexibility index (Phi) is 4.67. The van der Waals surface area contributed by atoms with Gasteiger partial charge >= 0.3 is 0 Å². The van der Waals surface area contributed by atoms with Crippen LogP contribution in [0.3, 0.4) is 0 Å². The molecule has 0 saturated carbocycles. The number of benzene rings is 1. The van der Waals surface area contributed by atoms with Crippen molar-refractivity contribution in [3.8, 4) is 0 Å². The molecule has 0 bridgehead atoms. The van der Waals surface area contributed by atoms with Gasteiger partial charge in [0.15, 0.2) is 17.5 Å². The highest BCUT2D eigenvalue weighted by Gasteiger charge is 2.12. The summed E-state index contributed by atoms with van der Waals surface area (Å²) in [5.41, 5.74) is 0.185. The number of anilines is 1. The number of hydrogen-bond acceptors (Lipinski definition) is 4. The predicted octanol–water partition coefficient (Wildman–Crippen LogP) is 2.02. The summed E-state index contributed by atoms with van der Waals surface area (Å²) in [4.78, 5) is 3.86. The molecule has 0 radical (unpaired) electrons. The summed E-state index contributed by atoms with van der Waals surface area (Å²) in [5, 5.41) is 2.75. The summed E-state index contributed by atoms with van der Waals surface area (Å²) in [5.74, 6) is -3.77. The van der Waals surface area contributed by atoms with Gasteiger partial charge in [-0.2, -0.15) is 0 Å². The second-order valence-corrected chi connectivity index (χ2v) is 6.20. The Morgan fingerprint density at radius 3 is 2.27 bits per heavy atom. The molecule has 0 spiro atoms. The maximum Gasteiger partial charge on any atom is 0.241 e. The van der Waals surface area contributed by atoms with Crippen LogP contribution in [0.2, 0.25) is 0 Å². The largest absolute Gasteiger partial charge is 0.366 e. The molecule has 0 unspecified atom stereocenters. The number of nitrogens with one attached hydrogen (secondary N) is 2. The van der Waals surface area contributed by atoms with Crippen LogP contribution in [0.4, 0.5) is 19.0 Å². The van der Waals surface area contributed by atoms with Crippen molar-refractivity contribution in [2.75, 3.05) is 12.4 Å². The minimum absolute atomic E-state index is 0.000750. The molecule has 2 aromatic rings. The number of aromatic nitrogens is 1. The second-order valence-electron chi connectivity index (χ2n) is 4.31. The van der Waals surface area contributed by atoms with Crippen molar-refractivity contribution in [3.63, 3.8) is 0 Å². The van der Waals surface area contributed by atoms with Crippen molar-refractivity contribution in [2.45, 2.75) is 11.4 Å². The summed E-state index contributed by atoms with van der Waals surface area (Å²) >= 11 is 0. The average Bonchev–Trinajstić information content (AvgIpc) is 2.51. The van der Waals surface area contributed by atoms with Gasteiger partial charge in [0.2, 0.25) is 10.0 Å². The van der Waals surface area contributed by atoms with E-state index in [1.807, 2.05) is 0 Å². The minimum atomic E-state index is -3.58. The van der Waals surface area contributed by atoms with Gasteiger partial charge in [-0.25, -0.2) is 31.3 Å². The molecule has 1 heterocycles. The number of nitrogens with zero attached hydrogens (tertiary/aromatic N) is 1. The summed E-state index contributed by atoms with van der Waals surface area (Å²) < 4.78 is 64.1. The number of rotatable bonds is 5. The first-order chi connectivity index (χ1) is 10.3. The molecule has 0 saturated heterocycles. The predicted molar refractivity (Wildman–Crippen MR) is 74.1 cm³/mol. The van der Waals surface area contributed by atoms with Crippen molar-refractivity contribution < 1.29 is 21.6 Å². The van der Waals surface area contributed by atoms with Crippen LogP contribution >= 0.6 is 0 Å². The zero-order chi connectivity index (χ0) is 16.3. The molecule has 5 nitrogen and oxygen atoms in total. The van der Waals surface area contributed by atoms with Gasteiger partial charge in [0.1, 0.15) is 10.7 Å². The Morgan fingerprint density at radius 2 is 1.77 bits per heavy atom. The molecule has 1 aromatic heterocycles. The van der Waals surface area contributed by atoms with E-state index >= 15 is 0 Å². The van der Waals surface area contributed by atoms with Crippen molar-refractivity contribution in [1.82, 2.24) is 9.71 Å². The first kappa shape index (κ1) is 16.2. The van der Waals surface area contributed by atoms with E-state index in [4.69, 9.17) is 0 Å². The maximum atomic E-state index is 13.1. The Labute approximate surface area is 125 Å². The lowest BCUT2D eigenvalue weighted by Gasteiger charge is -2.08. The molecule has 0 amide bonds. The standard InChI is InChI=1S/C13H12F3N3O2S/c1-17-22(20,21)9-2-3-12(19-7-9)18-6-8-4-10(14)13(16)11(15)5-8/h2-5,7,17H,6H2,1H3,(H,18,19). The maximum absolute atomic E-state index is 13.1. The minimum Gasteiger partial charge on any atom is -0.366 e. The molecule has 1 aromatic carbocycles. The average molecular weight is 331 g/mol. The Morgan fingerprint density at radius 1 is 1.14 bits per heavy atom. The van der Waals surface area contributed by atoms with Crippen molar-refractivity contribution in [2.24, 2.45) is 0 Å². The number of hydrogen-bond donors (Lipinski definition) is 2. The topological polar surface area (TPSA) is 71.1 Å². The Balaban J connectivity index is 2.09. The highest BCUT2D eigenvalue weighted by molar-refractivity contribution is 7.89. The lowest BCUT2D eigenvalue weighted by Crippen LogP contribution is -2.18. The third kappa shape index (κ3) is 3.55. The zero-order valence-corrected chi connectivity index (χ0v) is 12.2. The molecular weight excluding hydrogens is 319 g/mol. The Bertz CT molecular complexity index is 757. The summed E-state index contributed by atoms with van der Waals surface area (Å²) in [6, 6.07) is 4.46. The highest BCUT2D eigenvalue weighted by Crippen LogP contribution is 2.15. The molecule has 22 heavy (non-hydrogen) atoms. The van der Waals surface area contributed by atoms with E-state index in [-0.39, 0.29) is 17.0 Å². The molecular formula is C13H12F3N3O2S. The highest BCUT2D eigenvalue weighted by atomic mass is 32.2. The van der Waals surface area contributed by atoms with Crippen LogP contribution in [0.1, 0.15) is 5.56 Å². The fourth-order valence-electron chi connectivity index (χ4n) is 1.66. The summed E-state index contributed by atoms with van der Waals surface area (Å²) in [7, 11) is -2.30. The SMILES string of the molecule is CNS(=O)(=O)c1ccc(NCc2cc(F)c(F)c(F)c2)nc1. The third-order valence-electron chi connectivity index (χ3n) is 2.83. The van der Waals surface area contributed by atoms with Gasteiger partial charge in [-0.1, -0.05) is 0 Å². The van der Waals surface area contributed by atoms with Crippen LogP contribution in [-0.4, -0.2) is 20.4 Å². The van der Waals surface area contributed by atoms with E-state index in [2.05, 4.69) is 15.0 Å². The van der Waals surface area contributed by atoms with Crippen LogP contribution in [0.15, 0.2) is 35.4 Å². The van der Waals surface area contributed by atoms with Gasteiger partial charge in [0, 0.05) is 12.7 Å². The van der Waals surface area contributed by atoms with Gasteiger partial charge < -0.3 is 5.32 Å². The van der Waals surface area contributed by atoms with Crippen molar-refractivity contribution >= 4 is 15.8 Å². The van der Waals surface area contributed by atoms with Crippen LogP contribution in [0.25, 0.3) is 0 Å². The molecule has 0 aliphatic carbocycles. The first-order valence-electron chi connectivity index (χ1n) is 6.10. The first-order valence-corrected chi connectivity index (χ1v) is 7.58. The molecule has 0 aliphatic heterocycles. The fourth-order valence-corrected chi connectivity index (χ4v) is 2.34. The van der Waals surface area contributed by atoms with Crippen LogP contribution in [-0.2, 0) is 16.6 Å². The summed E-state index contributed by atoms with van der Waals surface area (Å²) in [6.07, 6.45) is 1.14. The molecule has 0 atom stereocenters. The normalized spacial score (nSPS) is 11.5. The third-order valence-corrected chi connectivity index (χ3v) is 4.23. The van der Waals surface area contributed by atoms with E-state index in [0.717, 1.165) is 18.3 Å². The number of halogens is 3. The smallest absolute Gasteiger partial charge is 0.241 e. The van der Waals surface area contributed by atoms with Gasteiger partial charge in [-0.15, -0.1) is 0 Å². The molecule has 2 rings (SSSR count). The Hall–Kier alpha value is -2.13. The van der Waals surface area contributed by atoms with E-state index in [9.17, 15) is 21.6 Å². The molecule has 118 valence electrons. The van der Waals surface area contributed by atoms with E-state index in [0.29, 0.717) is 5.82 Å². The fraction of sp³-hybridized carbons (Fsp3) is 0.154. The quantitative estimate of drug-likeness (QED) is 0.823. The summed E-state index contributed by atoms with van der Waals surface area (Å²) in [6.45, 7) is -0.000750. The van der Waals surface area contributed by atoms with E-state index < -0.39 is 27.5 Å². The number of sulfonamides is 1. The van der Waals surface area contributed by atoms with Gasteiger partial charge in [0.25, 0.3) is 0 Å². The van der Waals surface area contributed by atoms with Gasteiger partial charge in [0.05, 0.1) is 0 Å². The zero-order valence-electron chi connectivity index (χ0n) is 11.4. The molecule has 0 aliphatic rings. The lowest BCUT2D eigenvalue weighted by atomic mass is 10.2. The van der Waals surface area contributed by atoms with Gasteiger partial charge in [-0.3, -0.25) is 0 Å². The molecule has 9 heteroatoms.